The van der Waals surface area contributed by atoms with Crippen LogP contribution in [0.4, 0.5) is 19.0 Å². The molecule has 3 aromatic heterocycles. The van der Waals surface area contributed by atoms with Gasteiger partial charge in [0, 0.05) is 30.9 Å². The van der Waals surface area contributed by atoms with Crippen LogP contribution < -0.4 is 16.0 Å². The van der Waals surface area contributed by atoms with Gasteiger partial charge in [-0.25, -0.2) is 23.1 Å². The van der Waals surface area contributed by atoms with Crippen molar-refractivity contribution in [2.75, 3.05) is 25.0 Å². The Bertz CT molecular complexity index is 1160. The number of anilines is 1. The zero-order valence-corrected chi connectivity index (χ0v) is 17.2. The smallest absolute Gasteiger partial charge is 0.251 e. The first-order valence-corrected chi connectivity index (χ1v) is 10.7. The Morgan fingerprint density at radius 3 is 2.84 bits per heavy atom. The van der Waals surface area contributed by atoms with E-state index >= 15 is 0 Å². The molecule has 0 bridgehead atoms. The Labute approximate surface area is 182 Å². The monoisotopic (exact) mass is 444 g/mol. The fourth-order valence-electron chi connectivity index (χ4n) is 3.85. The molecule has 0 spiro atoms. The third kappa shape index (κ3) is 4.14. The van der Waals surface area contributed by atoms with E-state index in [1.54, 1.807) is 22.7 Å². The van der Waals surface area contributed by atoms with Crippen molar-refractivity contribution >= 4 is 17.4 Å². The maximum Gasteiger partial charge on any atom is 0.251 e. The number of halogens is 3. The number of rotatable bonds is 6. The van der Waals surface area contributed by atoms with Gasteiger partial charge in [0.05, 0.1) is 17.9 Å². The number of carbonyl (C=O) groups excluding carboxylic acids is 1. The van der Waals surface area contributed by atoms with E-state index in [1.807, 2.05) is 0 Å². The molecule has 5 rings (SSSR count). The number of alkyl halides is 1. The Morgan fingerprint density at radius 2 is 2.06 bits per heavy atom. The topological polar surface area (TPSA) is 83.4 Å². The quantitative estimate of drug-likeness (QED) is 0.545. The van der Waals surface area contributed by atoms with Gasteiger partial charge in [-0.2, -0.15) is 0 Å². The number of carbonyl (C=O) groups is 1. The SMILES string of the molecule is O=C(NCC1CC1)c1ccn2c(-c3nc(N[C@@H]4CNCC[C@H]4F)c(F)cc3F)cnc2c1. The second-order valence-electron chi connectivity index (χ2n) is 8.35. The van der Waals surface area contributed by atoms with Crippen molar-refractivity contribution in [1.29, 1.82) is 0 Å². The van der Waals surface area contributed by atoms with E-state index in [2.05, 4.69) is 25.9 Å². The summed E-state index contributed by atoms with van der Waals surface area (Å²) < 4.78 is 44.7. The van der Waals surface area contributed by atoms with Crippen LogP contribution in [0.1, 0.15) is 29.6 Å². The maximum absolute atomic E-state index is 14.6. The molecule has 1 aliphatic heterocycles. The molecule has 1 saturated carbocycles. The van der Waals surface area contributed by atoms with E-state index in [0.29, 0.717) is 48.9 Å². The van der Waals surface area contributed by atoms with Crippen molar-refractivity contribution in [2.45, 2.75) is 31.5 Å². The molecule has 2 atom stereocenters. The predicted molar refractivity (Wildman–Crippen MR) is 113 cm³/mol. The van der Waals surface area contributed by atoms with Crippen LogP contribution >= 0.6 is 0 Å². The summed E-state index contributed by atoms with van der Waals surface area (Å²) in [5, 5.41) is 8.69. The molecule has 3 aromatic rings. The number of aromatic nitrogens is 3. The molecule has 2 fully saturated rings. The molecule has 0 radical (unpaired) electrons. The third-order valence-corrected chi connectivity index (χ3v) is 5.92. The lowest BCUT2D eigenvalue weighted by molar-refractivity contribution is 0.0951. The summed E-state index contributed by atoms with van der Waals surface area (Å²) in [5.41, 5.74) is 1.05. The summed E-state index contributed by atoms with van der Waals surface area (Å²) in [6, 6.07) is 3.28. The number of fused-ring (bicyclic) bond motifs is 1. The van der Waals surface area contributed by atoms with Crippen LogP contribution in [0.5, 0.6) is 0 Å². The van der Waals surface area contributed by atoms with E-state index in [0.717, 1.165) is 18.9 Å². The summed E-state index contributed by atoms with van der Waals surface area (Å²) in [4.78, 5) is 20.7. The fraction of sp³-hybridized carbons (Fsp3) is 0.409. The highest BCUT2D eigenvalue weighted by molar-refractivity contribution is 5.95. The summed E-state index contributed by atoms with van der Waals surface area (Å²) >= 11 is 0. The Kier molecular flexibility index (Phi) is 5.46. The largest absolute Gasteiger partial charge is 0.361 e. The summed E-state index contributed by atoms with van der Waals surface area (Å²) in [6.07, 6.45) is 4.43. The number of amides is 1. The minimum atomic E-state index is -1.16. The summed E-state index contributed by atoms with van der Waals surface area (Å²) in [6.45, 7) is 1.52. The molecule has 2 aliphatic rings. The Hall–Kier alpha value is -3.14. The highest BCUT2D eigenvalue weighted by Gasteiger charge is 2.27. The number of hydrogen-bond donors (Lipinski definition) is 3. The van der Waals surface area contributed by atoms with Crippen molar-refractivity contribution in [3.8, 4) is 11.4 Å². The van der Waals surface area contributed by atoms with Crippen molar-refractivity contribution in [2.24, 2.45) is 5.92 Å². The molecular formula is C22H23F3N6O. The lowest BCUT2D eigenvalue weighted by Gasteiger charge is -2.28. The van der Waals surface area contributed by atoms with E-state index in [1.165, 1.54) is 6.20 Å². The number of nitrogens with one attached hydrogen (secondary N) is 3. The molecule has 1 aliphatic carbocycles. The van der Waals surface area contributed by atoms with E-state index in [4.69, 9.17) is 0 Å². The number of piperidine rings is 1. The van der Waals surface area contributed by atoms with Crippen LogP contribution in [0.25, 0.3) is 17.0 Å². The normalized spacial score (nSPS) is 21.0. The number of hydrogen-bond acceptors (Lipinski definition) is 5. The van der Waals surface area contributed by atoms with Crippen molar-refractivity contribution < 1.29 is 18.0 Å². The van der Waals surface area contributed by atoms with Crippen molar-refractivity contribution in [1.82, 2.24) is 25.0 Å². The fourth-order valence-corrected chi connectivity index (χ4v) is 3.85. The standard InChI is InChI=1S/C22H23F3N6O/c23-14-3-5-26-10-17(14)29-21-16(25)8-15(24)20(30-21)18-11-27-19-7-13(4-6-31(18)19)22(32)28-9-12-1-2-12/h4,6-8,11-12,14,17,26H,1-3,5,9-10H2,(H,28,32)(H,29,30)/t14-,17-/m1/s1. The second-order valence-corrected chi connectivity index (χ2v) is 8.35. The summed E-state index contributed by atoms with van der Waals surface area (Å²) in [7, 11) is 0. The highest BCUT2D eigenvalue weighted by atomic mass is 19.1. The van der Waals surface area contributed by atoms with Gasteiger partial charge in [-0.3, -0.25) is 9.20 Å². The zero-order chi connectivity index (χ0) is 22.2. The van der Waals surface area contributed by atoms with E-state index in [9.17, 15) is 18.0 Å². The molecule has 32 heavy (non-hydrogen) atoms. The predicted octanol–water partition coefficient (Wildman–Crippen LogP) is 2.93. The minimum Gasteiger partial charge on any atom is -0.361 e. The van der Waals surface area contributed by atoms with Crippen LogP contribution in [-0.4, -0.2) is 52.1 Å². The van der Waals surface area contributed by atoms with E-state index in [-0.39, 0.29) is 17.4 Å². The van der Waals surface area contributed by atoms with Gasteiger partial charge >= 0.3 is 0 Å². The van der Waals surface area contributed by atoms with Gasteiger partial charge in [0.2, 0.25) is 0 Å². The Balaban J connectivity index is 1.43. The number of nitrogens with zero attached hydrogens (tertiary/aromatic N) is 3. The highest BCUT2D eigenvalue weighted by Crippen LogP contribution is 2.28. The van der Waals surface area contributed by atoms with Gasteiger partial charge in [0.15, 0.2) is 17.5 Å². The van der Waals surface area contributed by atoms with Gasteiger partial charge in [-0.1, -0.05) is 0 Å². The summed E-state index contributed by atoms with van der Waals surface area (Å²) in [5.74, 6) is -1.60. The number of pyridine rings is 2. The van der Waals surface area contributed by atoms with Gasteiger partial charge in [-0.05, 0) is 43.9 Å². The van der Waals surface area contributed by atoms with Crippen LogP contribution in [-0.2, 0) is 0 Å². The average Bonchev–Trinajstić information content (AvgIpc) is 3.53. The van der Waals surface area contributed by atoms with E-state index < -0.39 is 23.8 Å². The second kappa shape index (κ2) is 8.42. The minimum absolute atomic E-state index is 0.119. The molecule has 3 N–H and O–H groups in total. The van der Waals surface area contributed by atoms with Gasteiger partial charge in [-0.15, -0.1) is 0 Å². The average molecular weight is 444 g/mol. The van der Waals surface area contributed by atoms with Crippen LogP contribution in [0.2, 0.25) is 0 Å². The molecule has 1 amide bonds. The molecule has 168 valence electrons. The van der Waals surface area contributed by atoms with Crippen molar-refractivity contribution in [3.63, 3.8) is 0 Å². The first kappa shape index (κ1) is 20.7. The molecular weight excluding hydrogens is 421 g/mol. The number of imidazole rings is 1. The maximum atomic E-state index is 14.6. The first-order chi connectivity index (χ1) is 15.5. The van der Waals surface area contributed by atoms with Crippen LogP contribution in [0.3, 0.4) is 0 Å². The van der Waals surface area contributed by atoms with Crippen molar-refractivity contribution in [3.05, 3.63) is 47.8 Å². The third-order valence-electron chi connectivity index (χ3n) is 5.92. The van der Waals surface area contributed by atoms with Gasteiger partial charge in [0.1, 0.15) is 17.5 Å². The van der Waals surface area contributed by atoms with Gasteiger partial charge in [0.25, 0.3) is 5.91 Å². The molecule has 10 heteroatoms. The molecule has 0 aromatic carbocycles. The van der Waals surface area contributed by atoms with Crippen LogP contribution in [0, 0.1) is 17.6 Å². The Morgan fingerprint density at radius 1 is 1.22 bits per heavy atom. The lowest BCUT2D eigenvalue weighted by Crippen LogP contribution is -2.46. The molecule has 4 heterocycles. The lowest BCUT2D eigenvalue weighted by atomic mass is 10.1. The zero-order valence-electron chi connectivity index (χ0n) is 17.2. The van der Waals surface area contributed by atoms with Crippen LogP contribution in [0.15, 0.2) is 30.6 Å². The first-order valence-electron chi connectivity index (χ1n) is 10.7. The molecule has 7 nitrogen and oxygen atoms in total. The molecule has 1 saturated heterocycles. The van der Waals surface area contributed by atoms with Gasteiger partial charge < -0.3 is 16.0 Å². The molecule has 0 unspecified atom stereocenters.